The van der Waals surface area contributed by atoms with Gasteiger partial charge in [0, 0.05) is 37.2 Å². The second-order valence-corrected chi connectivity index (χ2v) is 7.59. The summed E-state index contributed by atoms with van der Waals surface area (Å²) in [7, 11) is 3.48. The summed E-state index contributed by atoms with van der Waals surface area (Å²) >= 11 is 0. The van der Waals surface area contributed by atoms with Crippen LogP contribution < -0.4 is 21.7 Å². The number of hydrogen-bond donors (Lipinski definition) is 4. The van der Waals surface area contributed by atoms with E-state index in [2.05, 4.69) is 30.4 Å². The Morgan fingerprint density at radius 3 is 2.67 bits per heavy atom. The largest absolute Gasteiger partial charge is 0.399 e. The van der Waals surface area contributed by atoms with Gasteiger partial charge in [0.2, 0.25) is 0 Å². The van der Waals surface area contributed by atoms with Crippen LogP contribution in [0.5, 0.6) is 0 Å². The molecule has 0 fully saturated rings. The van der Waals surface area contributed by atoms with E-state index in [4.69, 9.17) is 10.7 Å². The Morgan fingerprint density at radius 1 is 1.12 bits per heavy atom. The van der Waals surface area contributed by atoms with Crippen LogP contribution in [0.4, 0.5) is 22.0 Å². The van der Waals surface area contributed by atoms with Crippen molar-refractivity contribution in [3.63, 3.8) is 0 Å². The van der Waals surface area contributed by atoms with Crippen LogP contribution in [0, 0.1) is 0 Å². The Hall–Kier alpha value is -4.60. The normalized spacial score (nSPS) is 11.1. The van der Waals surface area contributed by atoms with Crippen molar-refractivity contribution in [3.05, 3.63) is 66.6 Å². The Kier molecular flexibility index (Phi) is 5.02. The lowest BCUT2D eigenvalue weighted by Crippen LogP contribution is -2.24. The second-order valence-electron chi connectivity index (χ2n) is 7.59. The van der Waals surface area contributed by atoms with Crippen molar-refractivity contribution in [3.8, 4) is 11.3 Å². The lowest BCUT2D eigenvalue weighted by Gasteiger charge is -2.12. The molecule has 5 aromatic rings. The van der Waals surface area contributed by atoms with E-state index < -0.39 is 0 Å². The molecule has 0 atom stereocenters. The van der Waals surface area contributed by atoms with Crippen molar-refractivity contribution in [1.82, 2.24) is 29.5 Å². The van der Waals surface area contributed by atoms with Gasteiger partial charge in [0.1, 0.15) is 0 Å². The molecule has 2 aromatic carbocycles. The Labute approximate surface area is 189 Å². The number of carbonyl (C=O) groups excluding carboxylic acids is 1. The minimum absolute atomic E-state index is 0.267. The third kappa shape index (κ3) is 3.78. The van der Waals surface area contributed by atoms with Crippen molar-refractivity contribution in [2.45, 2.75) is 6.54 Å². The fourth-order valence-corrected chi connectivity index (χ4v) is 3.74. The molecule has 5 N–H and O–H groups in total. The number of carbonyl (C=O) groups is 1. The van der Waals surface area contributed by atoms with Crippen LogP contribution in [-0.2, 0) is 13.6 Å². The predicted molar refractivity (Wildman–Crippen MR) is 129 cm³/mol. The standard InChI is InChI=1S/C23H23N9O/c1-25-23(33)29-16-6-3-14(4-7-16)20-13-27-22-21(26-12-17-9-10-28-31(17)2)30-18-11-15(24)5-8-19(18)32(20)22/h3-11,13H,12,24H2,1-2H3,(H,26,30)(H2,25,29,33). The summed E-state index contributed by atoms with van der Waals surface area (Å²) in [5.74, 6) is 0.651. The number of aryl methyl sites for hydroxylation is 1. The predicted octanol–water partition coefficient (Wildman–Crippen LogP) is 3.23. The molecule has 33 heavy (non-hydrogen) atoms. The smallest absolute Gasteiger partial charge is 0.318 e. The molecule has 0 spiro atoms. The van der Waals surface area contributed by atoms with Crippen molar-refractivity contribution in [2.75, 3.05) is 23.4 Å². The highest BCUT2D eigenvalue weighted by Gasteiger charge is 2.15. The molecule has 3 aromatic heterocycles. The molecule has 0 bridgehead atoms. The topological polar surface area (TPSA) is 127 Å². The maximum absolute atomic E-state index is 11.6. The number of nitrogens with one attached hydrogen (secondary N) is 3. The molecule has 0 radical (unpaired) electrons. The van der Waals surface area contributed by atoms with Crippen LogP contribution in [-0.4, -0.2) is 37.2 Å². The summed E-state index contributed by atoms with van der Waals surface area (Å²) in [6, 6.07) is 14.9. The van der Waals surface area contributed by atoms with Crippen molar-refractivity contribution < 1.29 is 4.79 Å². The number of nitrogen functional groups attached to an aromatic ring is 1. The van der Waals surface area contributed by atoms with Crippen LogP contribution >= 0.6 is 0 Å². The number of urea groups is 1. The molecule has 2 amide bonds. The molecule has 0 aliphatic carbocycles. The first kappa shape index (κ1) is 20.3. The molecule has 166 valence electrons. The monoisotopic (exact) mass is 441 g/mol. The number of hydrogen-bond acceptors (Lipinski definition) is 6. The molecule has 0 saturated heterocycles. The zero-order valence-corrected chi connectivity index (χ0v) is 18.2. The van der Waals surface area contributed by atoms with E-state index in [1.165, 1.54) is 0 Å². The number of aromatic nitrogens is 5. The first-order chi connectivity index (χ1) is 16.0. The number of imidazole rings is 1. The first-order valence-corrected chi connectivity index (χ1v) is 10.4. The molecule has 0 aliphatic heterocycles. The van der Waals surface area contributed by atoms with Gasteiger partial charge in [0.05, 0.1) is 35.2 Å². The lowest BCUT2D eigenvalue weighted by atomic mass is 10.1. The maximum Gasteiger partial charge on any atom is 0.318 e. The van der Waals surface area contributed by atoms with E-state index in [-0.39, 0.29) is 6.03 Å². The summed E-state index contributed by atoms with van der Waals surface area (Å²) in [6.45, 7) is 0.551. The van der Waals surface area contributed by atoms with Crippen LogP contribution in [0.3, 0.4) is 0 Å². The third-order valence-electron chi connectivity index (χ3n) is 5.47. The third-order valence-corrected chi connectivity index (χ3v) is 5.47. The summed E-state index contributed by atoms with van der Waals surface area (Å²) in [4.78, 5) is 21.1. The molecule has 10 heteroatoms. The fourth-order valence-electron chi connectivity index (χ4n) is 3.74. The van der Waals surface area contributed by atoms with Gasteiger partial charge in [-0.1, -0.05) is 12.1 Å². The van der Waals surface area contributed by atoms with Crippen molar-refractivity contribution in [1.29, 1.82) is 0 Å². The van der Waals surface area contributed by atoms with Crippen LogP contribution in [0.1, 0.15) is 5.69 Å². The number of nitrogens with zero attached hydrogens (tertiary/aromatic N) is 5. The number of rotatable bonds is 5. The zero-order valence-electron chi connectivity index (χ0n) is 18.2. The molecule has 10 nitrogen and oxygen atoms in total. The highest BCUT2D eigenvalue weighted by atomic mass is 16.2. The zero-order chi connectivity index (χ0) is 22.9. The first-order valence-electron chi connectivity index (χ1n) is 10.4. The summed E-state index contributed by atoms with van der Waals surface area (Å²) in [5.41, 5.74) is 12.6. The molecule has 0 saturated carbocycles. The summed E-state index contributed by atoms with van der Waals surface area (Å²) < 4.78 is 3.88. The van der Waals surface area contributed by atoms with Gasteiger partial charge in [-0.15, -0.1) is 0 Å². The van der Waals surface area contributed by atoms with Gasteiger partial charge in [0.15, 0.2) is 11.5 Å². The second kappa shape index (κ2) is 8.15. The highest BCUT2D eigenvalue weighted by molar-refractivity contribution is 5.90. The summed E-state index contributed by atoms with van der Waals surface area (Å²) in [5, 5.41) is 12.9. The quantitative estimate of drug-likeness (QED) is 0.310. The van der Waals surface area contributed by atoms with Crippen molar-refractivity contribution >= 4 is 39.9 Å². The minimum Gasteiger partial charge on any atom is -0.399 e. The Bertz CT molecular complexity index is 1470. The molecule has 0 aliphatic rings. The number of nitrogens with two attached hydrogens (primary N) is 1. The van der Waals surface area contributed by atoms with Gasteiger partial charge < -0.3 is 21.7 Å². The van der Waals surface area contributed by atoms with E-state index in [0.29, 0.717) is 29.4 Å². The van der Waals surface area contributed by atoms with E-state index >= 15 is 0 Å². The fraction of sp³-hybridized carbons (Fsp3) is 0.130. The van der Waals surface area contributed by atoms with Gasteiger partial charge in [-0.05, 0) is 36.4 Å². The van der Waals surface area contributed by atoms with E-state index in [1.54, 1.807) is 13.2 Å². The number of benzene rings is 2. The SMILES string of the molecule is CNC(=O)Nc1ccc(-c2cnc3c(NCc4ccnn4C)nc4cc(N)ccc4n23)cc1. The number of amides is 2. The van der Waals surface area contributed by atoms with E-state index in [0.717, 1.165) is 28.0 Å². The van der Waals surface area contributed by atoms with Gasteiger partial charge in [-0.2, -0.15) is 5.10 Å². The Balaban J connectivity index is 1.60. The summed E-state index contributed by atoms with van der Waals surface area (Å²) in [6.07, 6.45) is 3.58. The average Bonchev–Trinajstić information content (AvgIpc) is 3.44. The van der Waals surface area contributed by atoms with Gasteiger partial charge in [-0.3, -0.25) is 9.08 Å². The van der Waals surface area contributed by atoms with E-state index in [9.17, 15) is 4.79 Å². The van der Waals surface area contributed by atoms with Gasteiger partial charge in [-0.25, -0.2) is 14.8 Å². The lowest BCUT2D eigenvalue weighted by molar-refractivity contribution is 0.254. The maximum atomic E-state index is 11.6. The van der Waals surface area contributed by atoms with Crippen LogP contribution in [0.2, 0.25) is 0 Å². The minimum atomic E-state index is -0.267. The van der Waals surface area contributed by atoms with E-state index in [1.807, 2.05) is 66.5 Å². The molecule has 3 heterocycles. The van der Waals surface area contributed by atoms with Crippen molar-refractivity contribution in [2.24, 2.45) is 7.05 Å². The highest BCUT2D eigenvalue weighted by Crippen LogP contribution is 2.30. The van der Waals surface area contributed by atoms with Crippen LogP contribution in [0.15, 0.2) is 60.9 Å². The van der Waals surface area contributed by atoms with Crippen LogP contribution in [0.25, 0.3) is 27.9 Å². The molecular weight excluding hydrogens is 418 g/mol. The Morgan fingerprint density at radius 2 is 1.94 bits per heavy atom. The number of anilines is 3. The van der Waals surface area contributed by atoms with Gasteiger partial charge in [0.25, 0.3) is 0 Å². The average molecular weight is 441 g/mol. The molecule has 0 unspecified atom stereocenters. The number of fused-ring (bicyclic) bond motifs is 3. The van der Waals surface area contributed by atoms with Gasteiger partial charge >= 0.3 is 6.03 Å². The molecule has 5 rings (SSSR count). The molecular formula is C23H23N9O.